The summed E-state index contributed by atoms with van der Waals surface area (Å²) < 4.78 is 7.07. The molecule has 1 amide bonds. The Labute approximate surface area is 140 Å². The van der Waals surface area contributed by atoms with Crippen LogP contribution in [0.25, 0.3) is 10.9 Å². The van der Waals surface area contributed by atoms with E-state index in [-0.39, 0.29) is 5.91 Å². The van der Waals surface area contributed by atoms with Crippen LogP contribution in [0.15, 0.2) is 59.8 Å². The van der Waals surface area contributed by atoms with Gasteiger partial charge in [-0.25, -0.2) is 5.43 Å². The average molecular weight is 321 g/mol. The van der Waals surface area contributed by atoms with Crippen LogP contribution in [0, 0.1) is 0 Å². The molecule has 0 radical (unpaired) electrons. The summed E-state index contributed by atoms with van der Waals surface area (Å²) in [6.45, 7) is 1.85. The van der Waals surface area contributed by atoms with Crippen molar-refractivity contribution in [1.29, 1.82) is 0 Å². The molecule has 2 aromatic carbocycles. The van der Waals surface area contributed by atoms with Gasteiger partial charge in [-0.15, -0.1) is 0 Å². The fourth-order valence-electron chi connectivity index (χ4n) is 2.61. The molecule has 0 saturated heterocycles. The first-order valence-electron chi connectivity index (χ1n) is 7.63. The van der Waals surface area contributed by atoms with E-state index in [1.165, 1.54) is 0 Å². The van der Waals surface area contributed by atoms with Gasteiger partial charge in [-0.2, -0.15) is 5.10 Å². The van der Waals surface area contributed by atoms with Crippen molar-refractivity contribution >= 4 is 22.5 Å². The molecule has 1 N–H and O–H groups in total. The van der Waals surface area contributed by atoms with Crippen LogP contribution < -0.4 is 10.2 Å². The number of aromatic nitrogens is 1. The highest BCUT2D eigenvalue weighted by Gasteiger charge is 2.13. The number of nitrogens with zero attached hydrogens (tertiary/aromatic N) is 2. The van der Waals surface area contributed by atoms with E-state index in [1.54, 1.807) is 7.11 Å². The third-order valence-corrected chi connectivity index (χ3v) is 3.97. The van der Waals surface area contributed by atoms with Crippen LogP contribution in [0.4, 0.5) is 0 Å². The smallest absolute Gasteiger partial charge is 0.273 e. The van der Waals surface area contributed by atoms with Crippen LogP contribution >= 0.6 is 0 Å². The maximum atomic E-state index is 12.5. The van der Waals surface area contributed by atoms with Gasteiger partial charge >= 0.3 is 0 Å². The first kappa shape index (κ1) is 15.8. The number of fused-ring (bicyclic) bond motifs is 1. The number of amides is 1. The van der Waals surface area contributed by atoms with E-state index in [0.717, 1.165) is 27.9 Å². The predicted molar refractivity (Wildman–Crippen MR) is 95.6 cm³/mol. The van der Waals surface area contributed by atoms with Gasteiger partial charge in [0, 0.05) is 24.1 Å². The number of hydrogen-bond donors (Lipinski definition) is 1. The first-order valence-corrected chi connectivity index (χ1v) is 7.63. The minimum absolute atomic E-state index is 0.223. The second-order valence-electron chi connectivity index (χ2n) is 5.54. The first-order chi connectivity index (χ1) is 11.6. The van der Waals surface area contributed by atoms with Gasteiger partial charge < -0.3 is 9.30 Å². The maximum absolute atomic E-state index is 12.5. The molecule has 1 heterocycles. The normalized spacial score (nSPS) is 11.5. The summed E-state index contributed by atoms with van der Waals surface area (Å²) >= 11 is 0. The van der Waals surface area contributed by atoms with Crippen molar-refractivity contribution in [3.63, 3.8) is 0 Å². The third kappa shape index (κ3) is 3.01. The van der Waals surface area contributed by atoms with Crippen molar-refractivity contribution < 1.29 is 9.53 Å². The Kier molecular flexibility index (Phi) is 4.33. The van der Waals surface area contributed by atoms with E-state index in [9.17, 15) is 4.79 Å². The van der Waals surface area contributed by atoms with E-state index in [1.807, 2.05) is 73.3 Å². The van der Waals surface area contributed by atoms with Gasteiger partial charge in [-0.05, 0) is 42.8 Å². The molecular formula is C19H19N3O2. The number of nitrogens with one attached hydrogen (secondary N) is 1. The summed E-state index contributed by atoms with van der Waals surface area (Å²) in [5.41, 5.74) is 5.91. The quantitative estimate of drug-likeness (QED) is 0.592. The second-order valence-corrected chi connectivity index (χ2v) is 5.54. The lowest BCUT2D eigenvalue weighted by atomic mass is 10.1. The molecule has 0 atom stereocenters. The molecule has 122 valence electrons. The van der Waals surface area contributed by atoms with Crippen LogP contribution in [0.3, 0.4) is 0 Å². The summed E-state index contributed by atoms with van der Waals surface area (Å²) in [7, 11) is 3.55. The summed E-state index contributed by atoms with van der Waals surface area (Å²) in [5, 5.41) is 5.12. The molecule has 0 aliphatic rings. The van der Waals surface area contributed by atoms with Crippen molar-refractivity contribution in [2.24, 2.45) is 12.1 Å². The van der Waals surface area contributed by atoms with E-state index < -0.39 is 0 Å². The van der Waals surface area contributed by atoms with Crippen molar-refractivity contribution in [3.05, 3.63) is 65.9 Å². The number of methoxy groups -OCH3 is 1. The summed E-state index contributed by atoms with van der Waals surface area (Å²) in [4.78, 5) is 12.5. The molecule has 1 aromatic heterocycles. The fraction of sp³-hybridized carbons (Fsp3) is 0.158. The molecule has 3 rings (SSSR count). The van der Waals surface area contributed by atoms with Crippen molar-refractivity contribution in [2.75, 3.05) is 7.11 Å². The Balaban J connectivity index is 1.80. The highest BCUT2D eigenvalue weighted by Crippen LogP contribution is 2.20. The Morgan fingerprint density at radius 3 is 2.54 bits per heavy atom. The zero-order valence-corrected chi connectivity index (χ0v) is 13.9. The third-order valence-electron chi connectivity index (χ3n) is 3.97. The number of hydrazone groups is 1. The monoisotopic (exact) mass is 321 g/mol. The van der Waals surface area contributed by atoms with Gasteiger partial charge in [-0.3, -0.25) is 4.79 Å². The molecule has 0 saturated carbocycles. The minimum Gasteiger partial charge on any atom is -0.497 e. The van der Waals surface area contributed by atoms with Crippen LogP contribution in [0.2, 0.25) is 0 Å². The fourth-order valence-corrected chi connectivity index (χ4v) is 2.61. The van der Waals surface area contributed by atoms with Crippen molar-refractivity contribution in [2.45, 2.75) is 6.92 Å². The van der Waals surface area contributed by atoms with E-state index in [4.69, 9.17) is 4.74 Å². The Bertz CT molecular complexity index is 908. The maximum Gasteiger partial charge on any atom is 0.273 e. The number of para-hydroxylation sites is 1. The lowest BCUT2D eigenvalue weighted by Crippen LogP contribution is -2.19. The van der Waals surface area contributed by atoms with Gasteiger partial charge in [0.2, 0.25) is 0 Å². The topological polar surface area (TPSA) is 55.6 Å². The zero-order chi connectivity index (χ0) is 17.1. The summed E-state index contributed by atoms with van der Waals surface area (Å²) in [5.74, 6) is 0.561. The van der Waals surface area contributed by atoms with E-state index in [2.05, 4.69) is 10.5 Å². The molecule has 0 aliphatic heterocycles. The number of ether oxygens (including phenoxy) is 1. The molecule has 0 unspecified atom stereocenters. The molecule has 0 bridgehead atoms. The highest BCUT2D eigenvalue weighted by molar-refractivity contribution is 6.07. The Morgan fingerprint density at radius 1 is 1.12 bits per heavy atom. The van der Waals surface area contributed by atoms with Crippen molar-refractivity contribution in [3.8, 4) is 5.75 Å². The molecule has 24 heavy (non-hydrogen) atoms. The summed E-state index contributed by atoms with van der Waals surface area (Å²) in [6, 6.07) is 15.3. The van der Waals surface area contributed by atoms with Gasteiger partial charge in [0.15, 0.2) is 0 Å². The van der Waals surface area contributed by atoms with Crippen LogP contribution in [-0.2, 0) is 7.05 Å². The molecule has 5 heteroatoms. The van der Waals surface area contributed by atoms with Gasteiger partial charge in [0.25, 0.3) is 5.91 Å². The number of carbonyl (C=O) groups is 1. The van der Waals surface area contributed by atoms with Crippen LogP contribution in [0.1, 0.15) is 22.8 Å². The molecular weight excluding hydrogens is 302 g/mol. The molecule has 5 nitrogen and oxygen atoms in total. The number of aryl methyl sites for hydroxylation is 1. The minimum atomic E-state index is -0.223. The Hall–Kier alpha value is -3.08. The van der Waals surface area contributed by atoms with E-state index in [0.29, 0.717) is 5.56 Å². The second kappa shape index (κ2) is 6.58. The standard InChI is InChI=1S/C19H19N3O2/c1-13(14-8-10-15(24-3)11-9-14)20-21-19(23)17-12-22(2)18-7-5-4-6-16(17)18/h4-12H,1-3H3,(H,21,23). The predicted octanol–water partition coefficient (Wildman–Crippen LogP) is 3.34. The highest BCUT2D eigenvalue weighted by atomic mass is 16.5. The molecule has 0 fully saturated rings. The lowest BCUT2D eigenvalue weighted by Gasteiger charge is -2.04. The van der Waals surface area contributed by atoms with Crippen LogP contribution in [-0.4, -0.2) is 23.3 Å². The number of carbonyl (C=O) groups excluding carboxylic acids is 1. The number of hydrogen-bond acceptors (Lipinski definition) is 3. The SMILES string of the molecule is COc1ccc(C(C)=NNC(=O)c2cn(C)c3ccccc23)cc1. The van der Waals surface area contributed by atoms with Crippen LogP contribution in [0.5, 0.6) is 5.75 Å². The van der Waals surface area contributed by atoms with Gasteiger partial charge in [0.1, 0.15) is 5.75 Å². The molecule has 3 aromatic rings. The lowest BCUT2D eigenvalue weighted by molar-refractivity contribution is 0.0956. The number of rotatable bonds is 4. The van der Waals surface area contributed by atoms with Gasteiger partial charge in [0.05, 0.1) is 18.4 Å². The molecule has 0 spiro atoms. The Morgan fingerprint density at radius 2 is 1.83 bits per heavy atom. The number of benzene rings is 2. The van der Waals surface area contributed by atoms with Gasteiger partial charge in [-0.1, -0.05) is 18.2 Å². The summed E-state index contributed by atoms with van der Waals surface area (Å²) in [6.07, 6.45) is 1.82. The van der Waals surface area contributed by atoms with Crippen molar-refractivity contribution in [1.82, 2.24) is 9.99 Å². The van der Waals surface area contributed by atoms with E-state index >= 15 is 0 Å². The molecule has 0 aliphatic carbocycles. The average Bonchev–Trinajstić information content (AvgIpc) is 2.97. The largest absolute Gasteiger partial charge is 0.497 e. The zero-order valence-electron chi connectivity index (χ0n) is 13.9.